The molecule has 0 N–H and O–H groups in total. The van der Waals surface area contributed by atoms with Crippen molar-refractivity contribution in [1.82, 2.24) is 0 Å². The molecule has 0 spiro atoms. The van der Waals surface area contributed by atoms with Crippen molar-refractivity contribution in [2.45, 2.75) is 41.5 Å². The van der Waals surface area contributed by atoms with Crippen LogP contribution in [0.2, 0.25) is 0 Å². The monoisotopic (exact) mass is 436 g/mol. The van der Waals surface area contributed by atoms with Crippen LogP contribution in [0, 0.1) is 35.6 Å². The Balaban J connectivity index is -0.000000108. The average Bonchev–Trinajstić information content (AvgIpc) is 2.10. The minimum absolute atomic E-state index is 0. The van der Waals surface area contributed by atoms with Crippen molar-refractivity contribution in [2.75, 3.05) is 0 Å². The molecule has 0 aromatic heterocycles. The fourth-order valence-electron chi connectivity index (χ4n) is 0.859. The first-order valence-corrected chi connectivity index (χ1v) is 5.96. The third-order valence-electron chi connectivity index (χ3n) is 1.22. The van der Waals surface area contributed by atoms with Gasteiger partial charge < -0.3 is 15.3 Å². The second-order valence-electron chi connectivity index (χ2n) is 4.10. The van der Waals surface area contributed by atoms with Crippen LogP contribution in [-0.2, 0) is 14.4 Å². The normalized spacial score (nSPS) is 10.9. The Kier molecular flexibility index (Phi) is 23.5. The molecule has 0 radical (unpaired) electrons. The van der Waals surface area contributed by atoms with Gasteiger partial charge in [-0.25, -0.2) is 0 Å². The van der Waals surface area contributed by atoms with Gasteiger partial charge in [-0.05, 0) is 39.0 Å². The molecule has 0 aliphatic rings. The molecule has 0 amide bonds. The molecule has 7 heteroatoms. The standard InChI is InChI=1S/3C5H8O2.La/c3*1-4(6)3-5(2)7;/h3*3,6H,1-2H3;/q;;;+3/p-3/b3*4-3-;. The minimum Gasteiger partial charge on any atom is -0.876 e. The van der Waals surface area contributed by atoms with Crippen molar-refractivity contribution >= 4 is 17.3 Å². The van der Waals surface area contributed by atoms with Gasteiger partial charge in [0.05, 0.1) is 0 Å². The minimum atomic E-state index is -0.187. The van der Waals surface area contributed by atoms with Crippen LogP contribution in [0.5, 0.6) is 0 Å². The molecular formula is C15H21LaO6. The molecule has 0 aliphatic carbocycles. The molecule has 0 aromatic rings. The fourth-order valence-corrected chi connectivity index (χ4v) is 0.859. The molecule has 0 bridgehead atoms. The second-order valence-corrected chi connectivity index (χ2v) is 4.10. The fraction of sp³-hybridized carbons (Fsp3) is 0.400. The van der Waals surface area contributed by atoms with Crippen molar-refractivity contribution in [2.24, 2.45) is 0 Å². The first kappa shape index (κ1) is 28.9. The zero-order chi connectivity index (χ0) is 17.6. The molecular weight excluding hydrogens is 415 g/mol. The molecule has 0 fully saturated rings. The molecule has 0 aromatic carbocycles. The molecule has 120 valence electrons. The van der Waals surface area contributed by atoms with E-state index in [4.69, 9.17) is 0 Å². The molecule has 0 saturated carbocycles. The Morgan fingerprint density at radius 2 is 0.682 bits per heavy atom. The molecule has 0 saturated heterocycles. The van der Waals surface area contributed by atoms with Crippen LogP contribution in [0.25, 0.3) is 0 Å². The molecule has 0 rings (SSSR count). The summed E-state index contributed by atoms with van der Waals surface area (Å²) >= 11 is 0. The van der Waals surface area contributed by atoms with E-state index in [1.165, 1.54) is 41.5 Å². The van der Waals surface area contributed by atoms with Crippen LogP contribution in [-0.4, -0.2) is 17.3 Å². The zero-order valence-corrected chi connectivity index (χ0v) is 17.4. The van der Waals surface area contributed by atoms with Crippen LogP contribution < -0.4 is 15.3 Å². The Labute approximate surface area is 159 Å². The first-order valence-electron chi connectivity index (χ1n) is 5.96. The molecule has 0 unspecified atom stereocenters. The number of hydrogen-bond acceptors (Lipinski definition) is 6. The van der Waals surface area contributed by atoms with Gasteiger partial charge in [0.2, 0.25) is 0 Å². The Morgan fingerprint density at radius 3 is 0.682 bits per heavy atom. The molecule has 0 aliphatic heterocycles. The van der Waals surface area contributed by atoms with Crippen molar-refractivity contribution in [3.63, 3.8) is 0 Å². The summed E-state index contributed by atoms with van der Waals surface area (Å²) in [6.07, 6.45) is 3.17. The largest absolute Gasteiger partial charge is 3.00 e. The summed E-state index contributed by atoms with van der Waals surface area (Å²) in [6.45, 7) is 8.09. The van der Waals surface area contributed by atoms with E-state index >= 15 is 0 Å². The van der Waals surface area contributed by atoms with E-state index in [0.29, 0.717) is 0 Å². The smallest absolute Gasteiger partial charge is 0.876 e. The number of carbonyl (C=O) groups excluding carboxylic acids is 3. The van der Waals surface area contributed by atoms with Gasteiger partial charge in [0.25, 0.3) is 0 Å². The number of allylic oxidation sites excluding steroid dienone is 6. The van der Waals surface area contributed by atoms with Crippen LogP contribution >= 0.6 is 0 Å². The van der Waals surface area contributed by atoms with Gasteiger partial charge in [-0.15, -0.1) is 17.3 Å². The quantitative estimate of drug-likeness (QED) is 0.435. The van der Waals surface area contributed by atoms with E-state index in [-0.39, 0.29) is 70.2 Å². The average molecular weight is 436 g/mol. The van der Waals surface area contributed by atoms with Crippen LogP contribution in [0.3, 0.4) is 0 Å². The number of ketones is 3. The van der Waals surface area contributed by atoms with Crippen LogP contribution in [0.1, 0.15) is 41.5 Å². The Bertz CT molecular complexity index is 368. The van der Waals surface area contributed by atoms with Crippen molar-refractivity contribution in [1.29, 1.82) is 0 Å². The van der Waals surface area contributed by atoms with E-state index < -0.39 is 0 Å². The summed E-state index contributed by atoms with van der Waals surface area (Å²) in [5.74, 6) is -1.12. The third-order valence-corrected chi connectivity index (χ3v) is 1.22. The zero-order valence-electron chi connectivity index (χ0n) is 13.8. The molecule has 22 heavy (non-hydrogen) atoms. The topological polar surface area (TPSA) is 120 Å². The first-order chi connectivity index (χ1) is 9.38. The van der Waals surface area contributed by atoms with Crippen LogP contribution in [0.4, 0.5) is 0 Å². The summed E-state index contributed by atoms with van der Waals surface area (Å²) < 4.78 is 0. The number of carbonyl (C=O) groups is 3. The van der Waals surface area contributed by atoms with Gasteiger partial charge in [0.1, 0.15) is 0 Å². The van der Waals surface area contributed by atoms with Gasteiger partial charge in [0, 0.05) is 0 Å². The number of hydrogen-bond donors (Lipinski definition) is 0. The number of rotatable bonds is 3. The summed E-state index contributed by atoms with van der Waals surface area (Å²) in [6, 6.07) is 0. The maximum absolute atomic E-state index is 9.98. The van der Waals surface area contributed by atoms with Gasteiger partial charge in [-0.2, -0.15) is 0 Å². The molecule has 0 atom stereocenters. The summed E-state index contributed by atoms with van der Waals surface area (Å²) in [7, 11) is 0. The van der Waals surface area contributed by atoms with Gasteiger partial charge in [-0.3, -0.25) is 14.4 Å². The maximum Gasteiger partial charge on any atom is 3.00 e. The van der Waals surface area contributed by atoms with Gasteiger partial charge in [-0.1, -0.05) is 20.8 Å². The summed E-state index contributed by atoms with van der Waals surface area (Å²) in [5, 5.41) is 29.9. The van der Waals surface area contributed by atoms with Crippen molar-refractivity contribution < 1.29 is 65.3 Å². The SMILES string of the molecule is CC(=O)/C=C(/C)[O-].CC(=O)/C=C(/C)[O-].CC(=O)/C=C(/C)[O-].[La+3]. The van der Waals surface area contributed by atoms with Crippen molar-refractivity contribution in [3.05, 3.63) is 35.5 Å². The summed E-state index contributed by atoms with van der Waals surface area (Å²) in [4.78, 5) is 29.9. The molecule has 0 heterocycles. The third kappa shape index (κ3) is 51.0. The van der Waals surface area contributed by atoms with E-state index in [0.717, 1.165) is 18.2 Å². The maximum atomic E-state index is 9.98. The van der Waals surface area contributed by atoms with Gasteiger partial charge in [0.15, 0.2) is 17.3 Å². The van der Waals surface area contributed by atoms with Crippen LogP contribution in [0.15, 0.2) is 35.5 Å². The predicted octanol–water partition coefficient (Wildman–Crippen LogP) is -0.481. The van der Waals surface area contributed by atoms with Crippen molar-refractivity contribution in [3.8, 4) is 0 Å². The van der Waals surface area contributed by atoms with Gasteiger partial charge >= 0.3 is 35.6 Å². The summed E-state index contributed by atoms with van der Waals surface area (Å²) in [5.41, 5.74) is 0. The second kappa shape index (κ2) is 17.9. The predicted molar refractivity (Wildman–Crippen MR) is 73.3 cm³/mol. The Hall–Kier alpha value is -1.18. The van der Waals surface area contributed by atoms with E-state index in [9.17, 15) is 29.7 Å². The Morgan fingerprint density at radius 1 is 0.545 bits per heavy atom. The van der Waals surface area contributed by atoms with E-state index in [1.807, 2.05) is 0 Å². The van der Waals surface area contributed by atoms with E-state index in [2.05, 4.69) is 0 Å². The molecule has 6 nitrogen and oxygen atoms in total. The van der Waals surface area contributed by atoms with E-state index in [1.54, 1.807) is 0 Å².